The van der Waals surface area contributed by atoms with E-state index in [9.17, 15) is 0 Å². The van der Waals surface area contributed by atoms with Gasteiger partial charge in [0.2, 0.25) is 0 Å². The first kappa shape index (κ1) is 14.3. The highest BCUT2D eigenvalue weighted by Gasteiger charge is 2.33. The van der Waals surface area contributed by atoms with E-state index in [0.717, 1.165) is 18.1 Å². The van der Waals surface area contributed by atoms with Gasteiger partial charge in [-0.25, -0.2) is 0 Å². The molecule has 2 saturated carbocycles. The molecule has 0 bridgehead atoms. The van der Waals surface area contributed by atoms with Crippen LogP contribution < -0.4 is 5.32 Å². The van der Waals surface area contributed by atoms with Crippen LogP contribution in [-0.4, -0.2) is 37.1 Å². The fourth-order valence-electron chi connectivity index (χ4n) is 4.08. The van der Waals surface area contributed by atoms with Crippen molar-refractivity contribution < 1.29 is 0 Å². The van der Waals surface area contributed by atoms with E-state index in [1.54, 1.807) is 0 Å². The van der Waals surface area contributed by atoms with Crippen molar-refractivity contribution >= 4 is 0 Å². The van der Waals surface area contributed by atoms with E-state index in [2.05, 4.69) is 38.2 Å². The summed E-state index contributed by atoms with van der Waals surface area (Å²) in [6, 6.07) is 2.45. The van der Waals surface area contributed by atoms with E-state index >= 15 is 0 Å². The van der Waals surface area contributed by atoms with Gasteiger partial charge in [0.25, 0.3) is 0 Å². The third-order valence-corrected chi connectivity index (χ3v) is 5.44. The summed E-state index contributed by atoms with van der Waals surface area (Å²) < 4.78 is 0. The van der Waals surface area contributed by atoms with Gasteiger partial charge in [-0.2, -0.15) is 0 Å². The Labute approximate surface area is 114 Å². The predicted octanol–water partition coefficient (Wildman–Crippen LogP) is 3.42. The second kappa shape index (κ2) is 5.92. The average Bonchev–Trinajstić information content (AvgIpc) is 2.37. The van der Waals surface area contributed by atoms with E-state index in [-0.39, 0.29) is 0 Å². The summed E-state index contributed by atoms with van der Waals surface area (Å²) in [4.78, 5) is 2.73. The maximum atomic E-state index is 3.44. The molecule has 2 aliphatic rings. The summed E-state index contributed by atoms with van der Waals surface area (Å²) in [6.45, 7) is 4.90. The van der Waals surface area contributed by atoms with Gasteiger partial charge < -0.3 is 10.2 Å². The van der Waals surface area contributed by atoms with E-state index in [1.807, 2.05) is 0 Å². The van der Waals surface area contributed by atoms with Crippen molar-refractivity contribution in [2.24, 2.45) is 5.41 Å². The van der Waals surface area contributed by atoms with Crippen LogP contribution in [0.25, 0.3) is 0 Å². The predicted molar refractivity (Wildman–Crippen MR) is 78.9 cm³/mol. The van der Waals surface area contributed by atoms with Crippen LogP contribution in [0.1, 0.15) is 65.2 Å². The molecule has 106 valence electrons. The second-order valence-corrected chi connectivity index (χ2v) is 7.37. The molecule has 0 aromatic heterocycles. The molecule has 0 saturated heterocycles. The lowest BCUT2D eigenvalue weighted by Gasteiger charge is -2.44. The molecule has 0 radical (unpaired) electrons. The van der Waals surface area contributed by atoms with Crippen LogP contribution in [0, 0.1) is 5.41 Å². The zero-order valence-electron chi connectivity index (χ0n) is 12.8. The van der Waals surface area contributed by atoms with E-state index in [0.29, 0.717) is 5.41 Å². The Morgan fingerprint density at radius 2 is 1.67 bits per heavy atom. The molecule has 1 unspecified atom stereocenters. The van der Waals surface area contributed by atoms with E-state index in [4.69, 9.17) is 0 Å². The molecule has 0 amide bonds. The molecular weight excluding hydrogens is 220 g/mol. The first-order chi connectivity index (χ1) is 8.52. The minimum absolute atomic E-state index is 0.569. The SMILES string of the molecule is CNC1CCC(N(C)C2CCCC(C)(C)C2)CC1. The summed E-state index contributed by atoms with van der Waals surface area (Å²) in [6.07, 6.45) is 11.2. The lowest BCUT2D eigenvalue weighted by atomic mass is 9.74. The Hall–Kier alpha value is -0.0800. The molecule has 0 aromatic carbocycles. The molecule has 2 rings (SSSR count). The van der Waals surface area contributed by atoms with Gasteiger partial charge in [-0.3, -0.25) is 0 Å². The fraction of sp³-hybridized carbons (Fsp3) is 1.00. The van der Waals surface area contributed by atoms with Gasteiger partial charge in [0.15, 0.2) is 0 Å². The van der Waals surface area contributed by atoms with Crippen LogP contribution in [0.4, 0.5) is 0 Å². The van der Waals surface area contributed by atoms with Crippen LogP contribution in [0.15, 0.2) is 0 Å². The molecule has 0 heterocycles. The lowest BCUT2D eigenvalue weighted by Crippen LogP contribution is -2.47. The van der Waals surface area contributed by atoms with Gasteiger partial charge >= 0.3 is 0 Å². The summed E-state index contributed by atoms with van der Waals surface area (Å²) in [5, 5.41) is 3.44. The number of rotatable bonds is 3. The summed E-state index contributed by atoms with van der Waals surface area (Å²) in [7, 11) is 4.49. The Morgan fingerprint density at radius 3 is 2.22 bits per heavy atom. The van der Waals surface area contributed by atoms with Gasteiger partial charge in [-0.05, 0) is 64.5 Å². The standard InChI is InChI=1S/C16H32N2/c1-16(2)11-5-6-15(12-16)18(4)14-9-7-13(17-3)8-10-14/h13-15,17H,5-12H2,1-4H3. The van der Waals surface area contributed by atoms with Crippen LogP contribution in [0.5, 0.6) is 0 Å². The molecule has 1 N–H and O–H groups in total. The molecule has 0 spiro atoms. The van der Waals surface area contributed by atoms with Gasteiger partial charge in [-0.1, -0.05) is 20.3 Å². The van der Waals surface area contributed by atoms with E-state index < -0.39 is 0 Å². The quantitative estimate of drug-likeness (QED) is 0.828. The highest BCUT2D eigenvalue weighted by molar-refractivity contribution is 4.89. The van der Waals surface area contributed by atoms with Crippen LogP contribution in [0.3, 0.4) is 0 Å². The average molecular weight is 252 g/mol. The number of hydrogen-bond acceptors (Lipinski definition) is 2. The molecule has 18 heavy (non-hydrogen) atoms. The summed E-state index contributed by atoms with van der Waals surface area (Å²) >= 11 is 0. The van der Waals surface area contributed by atoms with Crippen LogP contribution in [-0.2, 0) is 0 Å². The molecular formula is C16H32N2. The van der Waals surface area contributed by atoms with Crippen molar-refractivity contribution in [2.45, 2.75) is 83.3 Å². The smallest absolute Gasteiger partial charge is 0.0100 e. The van der Waals surface area contributed by atoms with Crippen molar-refractivity contribution in [3.63, 3.8) is 0 Å². The van der Waals surface area contributed by atoms with Gasteiger partial charge in [0, 0.05) is 18.1 Å². The Balaban J connectivity index is 1.85. The topological polar surface area (TPSA) is 15.3 Å². The third-order valence-electron chi connectivity index (χ3n) is 5.44. The number of nitrogens with zero attached hydrogens (tertiary/aromatic N) is 1. The van der Waals surface area contributed by atoms with Gasteiger partial charge in [-0.15, -0.1) is 0 Å². The van der Waals surface area contributed by atoms with Crippen LogP contribution >= 0.6 is 0 Å². The molecule has 2 nitrogen and oxygen atoms in total. The van der Waals surface area contributed by atoms with Crippen molar-refractivity contribution in [3.05, 3.63) is 0 Å². The third kappa shape index (κ3) is 3.48. The molecule has 2 aliphatic carbocycles. The highest BCUT2D eigenvalue weighted by atomic mass is 15.2. The molecule has 1 atom stereocenters. The maximum absolute atomic E-state index is 3.44. The van der Waals surface area contributed by atoms with E-state index in [1.165, 1.54) is 51.4 Å². The van der Waals surface area contributed by atoms with Gasteiger partial charge in [0.1, 0.15) is 0 Å². The Kier molecular flexibility index (Phi) is 4.71. The van der Waals surface area contributed by atoms with Crippen molar-refractivity contribution in [3.8, 4) is 0 Å². The van der Waals surface area contributed by atoms with Crippen LogP contribution in [0.2, 0.25) is 0 Å². The second-order valence-electron chi connectivity index (χ2n) is 7.37. The largest absolute Gasteiger partial charge is 0.317 e. The molecule has 0 aliphatic heterocycles. The first-order valence-electron chi connectivity index (χ1n) is 7.91. The Bertz CT molecular complexity index is 254. The lowest BCUT2D eigenvalue weighted by molar-refractivity contribution is 0.0639. The monoisotopic (exact) mass is 252 g/mol. The van der Waals surface area contributed by atoms with Crippen molar-refractivity contribution in [1.29, 1.82) is 0 Å². The summed E-state index contributed by atoms with van der Waals surface area (Å²) in [5.74, 6) is 0. The van der Waals surface area contributed by atoms with Gasteiger partial charge in [0.05, 0.1) is 0 Å². The molecule has 2 heteroatoms. The number of hydrogen-bond donors (Lipinski definition) is 1. The minimum atomic E-state index is 0.569. The maximum Gasteiger partial charge on any atom is 0.0100 e. The normalized spacial score (nSPS) is 36.8. The van der Waals surface area contributed by atoms with Crippen molar-refractivity contribution in [1.82, 2.24) is 10.2 Å². The minimum Gasteiger partial charge on any atom is -0.317 e. The first-order valence-corrected chi connectivity index (χ1v) is 7.91. The zero-order valence-corrected chi connectivity index (χ0v) is 12.8. The fourth-order valence-corrected chi connectivity index (χ4v) is 4.08. The highest BCUT2D eigenvalue weighted by Crippen LogP contribution is 2.38. The van der Waals surface area contributed by atoms with Crippen molar-refractivity contribution in [2.75, 3.05) is 14.1 Å². The summed E-state index contributed by atoms with van der Waals surface area (Å²) in [5.41, 5.74) is 0.569. The Morgan fingerprint density at radius 1 is 1.00 bits per heavy atom. The molecule has 0 aromatic rings. The number of nitrogens with one attached hydrogen (secondary N) is 1. The molecule has 2 fully saturated rings. The zero-order chi connectivity index (χ0) is 13.2.